The SMILES string of the molecule is C=C(C)CN1CCCC(C(=O)OC)C1. The Morgan fingerprint density at radius 3 is 2.93 bits per heavy atom. The Hall–Kier alpha value is -0.830. The molecule has 1 heterocycles. The molecule has 0 saturated carbocycles. The van der Waals surface area contributed by atoms with Gasteiger partial charge in [0, 0.05) is 13.1 Å². The zero-order valence-corrected chi connectivity index (χ0v) is 9.08. The molecule has 1 aliphatic heterocycles. The van der Waals surface area contributed by atoms with E-state index in [1.54, 1.807) is 0 Å². The van der Waals surface area contributed by atoms with Crippen molar-refractivity contribution in [1.29, 1.82) is 0 Å². The maximum absolute atomic E-state index is 11.3. The first-order valence-corrected chi connectivity index (χ1v) is 5.08. The van der Waals surface area contributed by atoms with Crippen LogP contribution in [0, 0.1) is 5.92 Å². The van der Waals surface area contributed by atoms with E-state index < -0.39 is 0 Å². The molecular formula is C11H19NO2. The molecule has 0 spiro atoms. The fourth-order valence-electron chi connectivity index (χ4n) is 1.94. The summed E-state index contributed by atoms with van der Waals surface area (Å²) in [6.45, 7) is 8.68. The van der Waals surface area contributed by atoms with Gasteiger partial charge in [-0.25, -0.2) is 0 Å². The number of carbonyl (C=O) groups excluding carboxylic acids is 1. The van der Waals surface area contributed by atoms with Gasteiger partial charge in [0.1, 0.15) is 0 Å². The van der Waals surface area contributed by atoms with Crippen molar-refractivity contribution >= 4 is 5.97 Å². The molecule has 0 aromatic heterocycles. The van der Waals surface area contributed by atoms with Crippen molar-refractivity contribution < 1.29 is 9.53 Å². The van der Waals surface area contributed by atoms with Gasteiger partial charge in [-0.3, -0.25) is 9.69 Å². The van der Waals surface area contributed by atoms with E-state index in [9.17, 15) is 4.79 Å². The second-order valence-corrected chi connectivity index (χ2v) is 4.05. The Labute approximate surface area is 85.7 Å². The van der Waals surface area contributed by atoms with Crippen LogP contribution in [0.2, 0.25) is 0 Å². The maximum atomic E-state index is 11.3. The van der Waals surface area contributed by atoms with Crippen molar-refractivity contribution in [3.05, 3.63) is 12.2 Å². The highest BCUT2D eigenvalue weighted by atomic mass is 16.5. The molecule has 0 radical (unpaired) electrons. The van der Waals surface area contributed by atoms with Gasteiger partial charge in [0.25, 0.3) is 0 Å². The number of ether oxygens (including phenoxy) is 1. The van der Waals surface area contributed by atoms with Crippen molar-refractivity contribution in [1.82, 2.24) is 4.90 Å². The van der Waals surface area contributed by atoms with Crippen molar-refractivity contribution in [2.45, 2.75) is 19.8 Å². The van der Waals surface area contributed by atoms with Crippen LogP contribution in [0.4, 0.5) is 0 Å². The van der Waals surface area contributed by atoms with Crippen molar-refractivity contribution in [3.8, 4) is 0 Å². The number of hydrogen-bond acceptors (Lipinski definition) is 3. The molecule has 1 rings (SSSR count). The number of esters is 1. The second kappa shape index (κ2) is 5.15. The zero-order chi connectivity index (χ0) is 10.6. The number of methoxy groups -OCH3 is 1. The van der Waals surface area contributed by atoms with Crippen LogP contribution in [-0.2, 0) is 9.53 Å². The Morgan fingerprint density at radius 2 is 2.36 bits per heavy atom. The Balaban J connectivity index is 2.43. The van der Waals surface area contributed by atoms with Gasteiger partial charge in [0.15, 0.2) is 0 Å². The summed E-state index contributed by atoms with van der Waals surface area (Å²) in [6, 6.07) is 0. The van der Waals surface area contributed by atoms with E-state index in [4.69, 9.17) is 4.74 Å². The molecule has 0 bridgehead atoms. The van der Waals surface area contributed by atoms with E-state index in [0.29, 0.717) is 0 Å². The minimum absolute atomic E-state index is 0.0631. The average molecular weight is 197 g/mol. The highest BCUT2D eigenvalue weighted by Crippen LogP contribution is 2.18. The third-order valence-electron chi connectivity index (χ3n) is 2.53. The van der Waals surface area contributed by atoms with Crippen molar-refractivity contribution in [2.24, 2.45) is 5.92 Å². The molecule has 0 aromatic rings. The summed E-state index contributed by atoms with van der Waals surface area (Å²) >= 11 is 0. The van der Waals surface area contributed by atoms with E-state index in [1.165, 1.54) is 7.11 Å². The van der Waals surface area contributed by atoms with E-state index in [-0.39, 0.29) is 11.9 Å². The number of carbonyl (C=O) groups is 1. The Morgan fingerprint density at radius 1 is 1.64 bits per heavy atom. The third kappa shape index (κ3) is 3.14. The summed E-state index contributed by atoms with van der Waals surface area (Å²) in [5.41, 5.74) is 1.15. The lowest BCUT2D eigenvalue weighted by molar-refractivity contribution is -0.147. The zero-order valence-electron chi connectivity index (χ0n) is 9.08. The monoisotopic (exact) mass is 197 g/mol. The number of hydrogen-bond donors (Lipinski definition) is 0. The summed E-state index contributed by atoms with van der Waals surface area (Å²) in [5.74, 6) is -0.00971. The minimum Gasteiger partial charge on any atom is -0.469 e. The van der Waals surface area contributed by atoms with Gasteiger partial charge in [-0.15, -0.1) is 0 Å². The van der Waals surface area contributed by atoms with Crippen LogP contribution in [0.5, 0.6) is 0 Å². The maximum Gasteiger partial charge on any atom is 0.309 e. The van der Waals surface area contributed by atoms with E-state index in [2.05, 4.69) is 11.5 Å². The average Bonchev–Trinajstić information content (AvgIpc) is 2.16. The molecule has 14 heavy (non-hydrogen) atoms. The third-order valence-corrected chi connectivity index (χ3v) is 2.53. The van der Waals surface area contributed by atoms with E-state index in [1.807, 2.05) is 6.92 Å². The van der Waals surface area contributed by atoms with Gasteiger partial charge in [-0.1, -0.05) is 12.2 Å². The topological polar surface area (TPSA) is 29.5 Å². The largest absolute Gasteiger partial charge is 0.469 e. The molecule has 3 nitrogen and oxygen atoms in total. The van der Waals surface area contributed by atoms with Gasteiger partial charge in [-0.05, 0) is 26.3 Å². The highest BCUT2D eigenvalue weighted by Gasteiger charge is 2.25. The van der Waals surface area contributed by atoms with Gasteiger partial charge in [0.2, 0.25) is 0 Å². The smallest absolute Gasteiger partial charge is 0.309 e. The second-order valence-electron chi connectivity index (χ2n) is 4.05. The van der Waals surface area contributed by atoms with E-state index in [0.717, 1.165) is 38.0 Å². The summed E-state index contributed by atoms with van der Waals surface area (Å²) in [5, 5.41) is 0. The molecule has 0 N–H and O–H groups in total. The molecule has 0 amide bonds. The molecule has 1 unspecified atom stereocenters. The lowest BCUT2D eigenvalue weighted by Gasteiger charge is -2.31. The Bertz CT molecular complexity index is 225. The Kier molecular flexibility index (Phi) is 4.14. The van der Waals surface area contributed by atoms with Crippen LogP contribution in [-0.4, -0.2) is 37.6 Å². The standard InChI is InChI=1S/C11H19NO2/c1-9(2)7-12-6-4-5-10(8-12)11(13)14-3/h10H,1,4-8H2,2-3H3. The van der Waals surface area contributed by atoms with Crippen LogP contribution in [0.25, 0.3) is 0 Å². The summed E-state index contributed by atoms with van der Waals surface area (Å²) in [7, 11) is 1.46. The molecular weight excluding hydrogens is 178 g/mol. The number of nitrogens with zero attached hydrogens (tertiary/aromatic N) is 1. The first-order valence-electron chi connectivity index (χ1n) is 5.08. The predicted molar refractivity (Wildman–Crippen MR) is 56.0 cm³/mol. The number of rotatable bonds is 3. The summed E-state index contributed by atoms with van der Waals surface area (Å²) in [4.78, 5) is 13.6. The van der Waals surface area contributed by atoms with Crippen LogP contribution in [0.1, 0.15) is 19.8 Å². The van der Waals surface area contributed by atoms with Crippen molar-refractivity contribution in [3.63, 3.8) is 0 Å². The van der Waals surface area contributed by atoms with Crippen LogP contribution < -0.4 is 0 Å². The predicted octanol–water partition coefficient (Wildman–Crippen LogP) is 1.45. The molecule has 1 saturated heterocycles. The fourth-order valence-corrected chi connectivity index (χ4v) is 1.94. The molecule has 0 aliphatic carbocycles. The first kappa shape index (κ1) is 11.2. The van der Waals surface area contributed by atoms with Gasteiger partial charge >= 0.3 is 5.97 Å². The number of piperidine rings is 1. The fraction of sp³-hybridized carbons (Fsp3) is 0.727. The van der Waals surface area contributed by atoms with Gasteiger partial charge < -0.3 is 4.74 Å². The van der Waals surface area contributed by atoms with Crippen LogP contribution in [0.3, 0.4) is 0 Å². The number of likely N-dealkylation sites (tertiary alicyclic amines) is 1. The summed E-state index contributed by atoms with van der Waals surface area (Å²) < 4.78 is 4.75. The first-order chi connectivity index (χ1) is 6.63. The molecule has 1 atom stereocenters. The summed E-state index contributed by atoms with van der Waals surface area (Å²) in [6.07, 6.45) is 2.03. The molecule has 0 aromatic carbocycles. The lowest BCUT2D eigenvalue weighted by atomic mass is 9.98. The quantitative estimate of drug-likeness (QED) is 0.506. The molecule has 1 aliphatic rings. The highest BCUT2D eigenvalue weighted by molar-refractivity contribution is 5.72. The van der Waals surface area contributed by atoms with Crippen LogP contribution in [0.15, 0.2) is 12.2 Å². The normalized spacial score (nSPS) is 23.1. The van der Waals surface area contributed by atoms with E-state index >= 15 is 0 Å². The lowest BCUT2D eigenvalue weighted by Crippen LogP contribution is -2.39. The van der Waals surface area contributed by atoms with Gasteiger partial charge in [0.05, 0.1) is 13.0 Å². The van der Waals surface area contributed by atoms with Crippen LogP contribution >= 0.6 is 0 Å². The molecule has 80 valence electrons. The van der Waals surface area contributed by atoms with Crippen molar-refractivity contribution in [2.75, 3.05) is 26.7 Å². The van der Waals surface area contributed by atoms with Gasteiger partial charge in [-0.2, -0.15) is 0 Å². The minimum atomic E-state index is -0.0728. The molecule has 3 heteroatoms. The molecule has 1 fully saturated rings.